The van der Waals surface area contributed by atoms with Gasteiger partial charge in [-0.05, 0) is 24.3 Å². The van der Waals surface area contributed by atoms with E-state index >= 15 is 0 Å². The predicted molar refractivity (Wildman–Crippen MR) is 99.9 cm³/mol. The van der Waals surface area contributed by atoms with Crippen molar-refractivity contribution in [1.29, 1.82) is 0 Å². The Kier molecular flexibility index (Phi) is 7.26. The third-order valence-electron chi connectivity index (χ3n) is 2.94. The van der Waals surface area contributed by atoms with Gasteiger partial charge in [0.25, 0.3) is 11.6 Å². The van der Waals surface area contributed by atoms with Gasteiger partial charge in [-0.15, -0.1) is 11.8 Å². The smallest absolute Gasteiger partial charge is 0.316 e. The minimum Gasteiger partial charge on any atom is -0.455 e. The van der Waals surface area contributed by atoms with Crippen LogP contribution in [0.4, 0.5) is 11.4 Å². The number of carbonyl (C=O) groups excluding carboxylic acids is 2. The Morgan fingerprint density at radius 2 is 1.96 bits per heavy atom. The van der Waals surface area contributed by atoms with E-state index in [1.807, 2.05) is 0 Å². The number of amides is 1. The number of hydrogen-bond donors (Lipinski definition) is 1. The predicted octanol–water partition coefficient (Wildman–Crippen LogP) is 4.18. The number of halogens is 2. The van der Waals surface area contributed by atoms with Crippen molar-refractivity contribution in [3.05, 3.63) is 62.6 Å². The van der Waals surface area contributed by atoms with E-state index in [0.29, 0.717) is 14.9 Å². The van der Waals surface area contributed by atoms with Crippen LogP contribution in [-0.2, 0) is 14.3 Å². The SMILES string of the molecule is O=C(COC(=O)CSc1cc(Cl)ccc1Cl)Nc1cccc([N+](=O)[O-])c1. The highest BCUT2D eigenvalue weighted by molar-refractivity contribution is 8.00. The average Bonchev–Trinajstić information content (AvgIpc) is 2.61. The van der Waals surface area contributed by atoms with Crippen molar-refractivity contribution in [2.45, 2.75) is 4.90 Å². The van der Waals surface area contributed by atoms with Crippen LogP contribution in [0.3, 0.4) is 0 Å². The number of benzene rings is 2. The Balaban J connectivity index is 1.80. The van der Waals surface area contributed by atoms with E-state index in [1.54, 1.807) is 18.2 Å². The normalized spacial score (nSPS) is 10.2. The average molecular weight is 415 g/mol. The maximum atomic E-state index is 11.8. The second-order valence-corrected chi connectivity index (χ2v) is 6.74. The number of non-ortho nitro benzene ring substituents is 1. The molecule has 0 bridgehead atoms. The zero-order valence-corrected chi connectivity index (χ0v) is 15.4. The maximum absolute atomic E-state index is 11.8. The molecule has 1 N–H and O–H groups in total. The number of ether oxygens (including phenoxy) is 1. The maximum Gasteiger partial charge on any atom is 0.316 e. The molecule has 1 amide bonds. The van der Waals surface area contributed by atoms with Gasteiger partial charge in [-0.1, -0.05) is 29.3 Å². The Morgan fingerprint density at radius 3 is 2.69 bits per heavy atom. The minimum absolute atomic E-state index is 0.0514. The Labute approximate surface area is 162 Å². The van der Waals surface area contributed by atoms with Gasteiger partial charge >= 0.3 is 5.97 Å². The Hall–Kier alpha value is -2.29. The monoisotopic (exact) mass is 414 g/mol. The van der Waals surface area contributed by atoms with Crippen LogP contribution in [-0.4, -0.2) is 29.2 Å². The third kappa shape index (κ3) is 6.21. The molecule has 0 aromatic heterocycles. The number of esters is 1. The van der Waals surface area contributed by atoms with Crippen LogP contribution in [0.2, 0.25) is 10.0 Å². The summed E-state index contributed by atoms with van der Waals surface area (Å²) in [7, 11) is 0. The second-order valence-electron chi connectivity index (χ2n) is 4.88. The van der Waals surface area contributed by atoms with Gasteiger partial charge in [0, 0.05) is 27.7 Å². The number of nitrogens with zero attached hydrogens (tertiary/aromatic N) is 1. The minimum atomic E-state index is -0.611. The molecule has 2 aromatic rings. The fourth-order valence-corrected chi connectivity index (χ4v) is 3.10. The molecule has 136 valence electrons. The zero-order valence-electron chi connectivity index (χ0n) is 13.1. The van der Waals surface area contributed by atoms with Gasteiger partial charge in [-0.25, -0.2) is 0 Å². The molecule has 7 nitrogen and oxygen atoms in total. The summed E-state index contributed by atoms with van der Waals surface area (Å²) in [6, 6.07) is 10.3. The van der Waals surface area contributed by atoms with E-state index < -0.39 is 23.4 Å². The highest BCUT2D eigenvalue weighted by Crippen LogP contribution is 2.29. The van der Waals surface area contributed by atoms with Gasteiger partial charge < -0.3 is 10.1 Å². The van der Waals surface area contributed by atoms with E-state index in [9.17, 15) is 19.7 Å². The summed E-state index contributed by atoms with van der Waals surface area (Å²) < 4.78 is 4.86. The summed E-state index contributed by atoms with van der Waals surface area (Å²) in [6.07, 6.45) is 0. The van der Waals surface area contributed by atoms with Crippen LogP contribution in [0.5, 0.6) is 0 Å². The molecule has 2 rings (SSSR count). The van der Waals surface area contributed by atoms with E-state index in [1.165, 1.54) is 24.3 Å². The molecule has 0 aliphatic carbocycles. The molecule has 0 saturated heterocycles. The lowest BCUT2D eigenvalue weighted by atomic mass is 10.3. The number of hydrogen-bond acceptors (Lipinski definition) is 6. The van der Waals surface area contributed by atoms with Crippen LogP contribution in [0.25, 0.3) is 0 Å². The van der Waals surface area contributed by atoms with Gasteiger partial charge in [0.2, 0.25) is 0 Å². The molecule has 0 spiro atoms. The lowest BCUT2D eigenvalue weighted by Crippen LogP contribution is -2.21. The summed E-state index contributed by atoms with van der Waals surface area (Å²) in [5.74, 6) is -1.27. The van der Waals surface area contributed by atoms with Gasteiger partial charge in [0.15, 0.2) is 6.61 Å². The molecule has 26 heavy (non-hydrogen) atoms. The summed E-state index contributed by atoms with van der Waals surface area (Å²) >= 11 is 13.0. The molecule has 0 unspecified atom stereocenters. The van der Waals surface area contributed by atoms with E-state index in [4.69, 9.17) is 27.9 Å². The number of carbonyl (C=O) groups is 2. The highest BCUT2D eigenvalue weighted by atomic mass is 35.5. The molecular formula is C16H12Cl2N2O5S. The zero-order chi connectivity index (χ0) is 19.1. The molecule has 0 heterocycles. The van der Waals surface area contributed by atoms with Gasteiger partial charge in [-0.2, -0.15) is 0 Å². The molecule has 0 radical (unpaired) electrons. The summed E-state index contributed by atoms with van der Waals surface area (Å²) in [6.45, 7) is -0.509. The first kappa shape index (κ1) is 20.0. The second kappa shape index (κ2) is 9.42. The van der Waals surface area contributed by atoms with Gasteiger partial charge in [-0.3, -0.25) is 19.7 Å². The fraction of sp³-hybridized carbons (Fsp3) is 0.125. The van der Waals surface area contributed by atoms with E-state index in [2.05, 4.69) is 5.32 Å². The van der Waals surface area contributed by atoms with Crippen molar-refractivity contribution < 1.29 is 19.2 Å². The molecule has 2 aromatic carbocycles. The van der Waals surface area contributed by atoms with Crippen molar-refractivity contribution in [2.24, 2.45) is 0 Å². The van der Waals surface area contributed by atoms with Crippen molar-refractivity contribution >= 4 is 58.2 Å². The first-order valence-electron chi connectivity index (χ1n) is 7.13. The van der Waals surface area contributed by atoms with Crippen molar-refractivity contribution in [2.75, 3.05) is 17.7 Å². The standard InChI is InChI=1S/C16H12Cl2N2O5S/c17-10-4-5-13(18)14(6-10)26-9-16(22)25-8-15(21)19-11-2-1-3-12(7-11)20(23)24/h1-7H,8-9H2,(H,19,21). The number of anilines is 1. The molecule has 0 aliphatic heterocycles. The van der Waals surface area contributed by atoms with Crippen molar-refractivity contribution in [3.8, 4) is 0 Å². The molecule has 10 heteroatoms. The van der Waals surface area contributed by atoms with E-state index in [-0.39, 0.29) is 17.1 Å². The van der Waals surface area contributed by atoms with Gasteiger partial charge in [0.05, 0.1) is 15.7 Å². The molecule has 0 fully saturated rings. The van der Waals surface area contributed by atoms with Crippen LogP contribution in [0, 0.1) is 10.1 Å². The Morgan fingerprint density at radius 1 is 1.19 bits per heavy atom. The topological polar surface area (TPSA) is 98.5 Å². The van der Waals surface area contributed by atoms with Crippen molar-refractivity contribution in [1.82, 2.24) is 0 Å². The lowest BCUT2D eigenvalue weighted by molar-refractivity contribution is -0.384. The van der Waals surface area contributed by atoms with Crippen LogP contribution in [0.15, 0.2) is 47.4 Å². The fourth-order valence-electron chi connectivity index (χ4n) is 1.81. The number of nitro benzene ring substituents is 1. The summed E-state index contributed by atoms with van der Waals surface area (Å²) in [5, 5.41) is 14.1. The number of nitrogens with one attached hydrogen (secondary N) is 1. The third-order valence-corrected chi connectivity index (χ3v) is 4.65. The lowest BCUT2D eigenvalue weighted by Gasteiger charge is -2.07. The summed E-state index contributed by atoms with van der Waals surface area (Å²) in [5.41, 5.74) is 0.0786. The van der Waals surface area contributed by atoms with Crippen molar-refractivity contribution in [3.63, 3.8) is 0 Å². The molecular weight excluding hydrogens is 403 g/mol. The molecule has 0 saturated carbocycles. The quantitative estimate of drug-likeness (QED) is 0.315. The number of thioether (sulfide) groups is 1. The first-order chi connectivity index (χ1) is 12.3. The number of nitro groups is 1. The first-order valence-corrected chi connectivity index (χ1v) is 8.87. The van der Waals surface area contributed by atoms with E-state index in [0.717, 1.165) is 11.8 Å². The highest BCUT2D eigenvalue weighted by Gasteiger charge is 2.12. The largest absolute Gasteiger partial charge is 0.455 e. The van der Waals surface area contributed by atoms with Crippen LogP contribution >= 0.6 is 35.0 Å². The molecule has 0 aliphatic rings. The molecule has 0 atom stereocenters. The Bertz CT molecular complexity index is 847. The summed E-state index contributed by atoms with van der Waals surface area (Å²) in [4.78, 5) is 34.2. The van der Waals surface area contributed by atoms with Gasteiger partial charge in [0.1, 0.15) is 0 Å². The number of rotatable bonds is 7. The van der Waals surface area contributed by atoms with Crippen LogP contribution < -0.4 is 5.32 Å². The van der Waals surface area contributed by atoms with Crippen LogP contribution in [0.1, 0.15) is 0 Å².